The zero-order valence-corrected chi connectivity index (χ0v) is 7.35. The summed E-state index contributed by atoms with van der Waals surface area (Å²) in [5.41, 5.74) is 0.614. The SMILES string of the molecule is CCC1C=C(C)C(C(F)F)=NC1. The molecule has 0 radical (unpaired) electrons. The van der Waals surface area contributed by atoms with Gasteiger partial charge in [-0.1, -0.05) is 13.0 Å². The number of dihydropyridines is 1. The van der Waals surface area contributed by atoms with Crippen molar-refractivity contribution in [2.75, 3.05) is 6.54 Å². The topological polar surface area (TPSA) is 12.4 Å². The number of allylic oxidation sites excluding steroid dienone is 1. The van der Waals surface area contributed by atoms with E-state index in [-0.39, 0.29) is 5.71 Å². The molecule has 3 heteroatoms. The Morgan fingerprint density at radius 1 is 1.67 bits per heavy atom. The van der Waals surface area contributed by atoms with Gasteiger partial charge in [0, 0.05) is 6.54 Å². The summed E-state index contributed by atoms with van der Waals surface area (Å²) in [6.07, 6.45) is 0.449. The molecule has 0 fully saturated rings. The average molecular weight is 173 g/mol. The molecule has 1 atom stereocenters. The van der Waals surface area contributed by atoms with Crippen LogP contribution in [0.2, 0.25) is 0 Å². The van der Waals surface area contributed by atoms with E-state index < -0.39 is 6.43 Å². The summed E-state index contributed by atoms with van der Waals surface area (Å²) in [6.45, 7) is 4.26. The van der Waals surface area contributed by atoms with Gasteiger partial charge in [0.25, 0.3) is 6.43 Å². The molecule has 1 aliphatic rings. The van der Waals surface area contributed by atoms with Crippen LogP contribution in [-0.2, 0) is 0 Å². The fraction of sp³-hybridized carbons (Fsp3) is 0.667. The van der Waals surface area contributed by atoms with Gasteiger partial charge in [-0.15, -0.1) is 0 Å². The third kappa shape index (κ3) is 1.90. The highest BCUT2D eigenvalue weighted by Crippen LogP contribution is 2.18. The van der Waals surface area contributed by atoms with Crippen molar-refractivity contribution in [3.63, 3.8) is 0 Å². The number of nitrogens with zero attached hydrogens (tertiary/aromatic N) is 1. The van der Waals surface area contributed by atoms with E-state index in [1.165, 1.54) is 0 Å². The summed E-state index contributed by atoms with van der Waals surface area (Å²) in [6, 6.07) is 0. The van der Waals surface area contributed by atoms with Crippen molar-refractivity contribution in [3.05, 3.63) is 11.6 Å². The lowest BCUT2D eigenvalue weighted by atomic mass is 9.98. The average Bonchev–Trinajstić information content (AvgIpc) is 2.03. The quantitative estimate of drug-likeness (QED) is 0.608. The van der Waals surface area contributed by atoms with E-state index in [4.69, 9.17) is 0 Å². The minimum absolute atomic E-state index is 0.0281. The zero-order valence-electron chi connectivity index (χ0n) is 7.35. The number of rotatable bonds is 2. The van der Waals surface area contributed by atoms with E-state index in [2.05, 4.69) is 4.99 Å². The smallest absolute Gasteiger partial charge is 0.280 e. The van der Waals surface area contributed by atoms with Crippen LogP contribution in [0.25, 0.3) is 0 Å². The maximum absolute atomic E-state index is 12.2. The Bertz CT molecular complexity index is 219. The second-order valence-electron chi connectivity index (χ2n) is 3.04. The monoisotopic (exact) mass is 173 g/mol. The van der Waals surface area contributed by atoms with Crippen LogP contribution < -0.4 is 0 Å². The fourth-order valence-corrected chi connectivity index (χ4v) is 1.32. The van der Waals surface area contributed by atoms with E-state index in [0.29, 0.717) is 18.0 Å². The first-order valence-corrected chi connectivity index (χ1v) is 4.16. The largest absolute Gasteiger partial charge is 0.283 e. The molecule has 1 rings (SSSR count). The summed E-state index contributed by atoms with van der Waals surface area (Å²) >= 11 is 0. The molecule has 1 aliphatic heterocycles. The van der Waals surface area contributed by atoms with Crippen LogP contribution >= 0.6 is 0 Å². The van der Waals surface area contributed by atoms with Gasteiger partial charge in [-0.25, -0.2) is 8.78 Å². The number of halogens is 2. The van der Waals surface area contributed by atoms with Crippen molar-refractivity contribution in [1.82, 2.24) is 0 Å². The minimum atomic E-state index is -2.42. The van der Waals surface area contributed by atoms with Gasteiger partial charge >= 0.3 is 0 Å². The molecule has 1 unspecified atom stereocenters. The Morgan fingerprint density at radius 3 is 2.75 bits per heavy atom. The van der Waals surface area contributed by atoms with E-state index in [1.807, 2.05) is 13.0 Å². The van der Waals surface area contributed by atoms with Crippen molar-refractivity contribution < 1.29 is 8.78 Å². The van der Waals surface area contributed by atoms with Gasteiger partial charge in [0.1, 0.15) is 5.71 Å². The molecule has 0 amide bonds. The first-order chi connectivity index (χ1) is 5.65. The summed E-state index contributed by atoms with van der Waals surface area (Å²) in [4.78, 5) is 3.86. The van der Waals surface area contributed by atoms with Gasteiger partial charge in [-0.3, -0.25) is 4.99 Å². The number of hydrogen-bond donors (Lipinski definition) is 0. The van der Waals surface area contributed by atoms with Crippen LogP contribution in [0.15, 0.2) is 16.6 Å². The standard InChI is InChI=1S/C9H13F2N/c1-3-7-4-6(2)8(9(10)11)12-5-7/h4,7,9H,3,5H2,1-2H3. The lowest BCUT2D eigenvalue weighted by Crippen LogP contribution is -2.19. The van der Waals surface area contributed by atoms with Crippen LogP contribution in [0, 0.1) is 5.92 Å². The van der Waals surface area contributed by atoms with Gasteiger partial charge in [0.15, 0.2) is 0 Å². The fourth-order valence-electron chi connectivity index (χ4n) is 1.32. The van der Waals surface area contributed by atoms with E-state index in [9.17, 15) is 8.78 Å². The van der Waals surface area contributed by atoms with E-state index in [1.54, 1.807) is 6.92 Å². The predicted molar refractivity (Wildman–Crippen MR) is 45.8 cm³/mol. The molecule has 0 bridgehead atoms. The van der Waals surface area contributed by atoms with Gasteiger partial charge < -0.3 is 0 Å². The summed E-state index contributed by atoms with van der Waals surface area (Å²) < 4.78 is 24.5. The number of hydrogen-bond acceptors (Lipinski definition) is 1. The van der Waals surface area contributed by atoms with Crippen LogP contribution in [0.4, 0.5) is 8.78 Å². The number of aliphatic imine (C=N–C) groups is 1. The molecule has 1 nitrogen and oxygen atoms in total. The maximum atomic E-state index is 12.2. The summed E-state index contributed by atoms with van der Waals surface area (Å²) in [5, 5.41) is 0. The van der Waals surface area contributed by atoms with Crippen LogP contribution in [0.3, 0.4) is 0 Å². The lowest BCUT2D eigenvalue weighted by Gasteiger charge is -2.17. The molecule has 0 aromatic rings. The molecule has 68 valence electrons. The molecule has 12 heavy (non-hydrogen) atoms. The van der Waals surface area contributed by atoms with Crippen LogP contribution in [0.1, 0.15) is 20.3 Å². The highest BCUT2D eigenvalue weighted by atomic mass is 19.3. The molecule has 0 aromatic heterocycles. The highest BCUT2D eigenvalue weighted by molar-refractivity contribution is 6.02. The second kappa shape index (κ2) is 3.78. The molecule has 0 saturated heterocycles. The van der Waals surface area contributed by atoms with Gasteiger partial charge in [-0.2, -0.15) is 0 Å². The van der Waals surface area contributed by atoms with Crippen molar-refractivity contribution in [1.29, 1.82) is 0 Å². The van der Waals surface area contributed by atoms with Gasteiger partial charge in [0.2, 0.25) is 0 Å². The Labute approximate surface area is 71.2 Å². The molecular formula is C9H13F2N. The van der Waals surface area contributed by atoms with Gasteiger partial charge in [0.05, 0.1) is 0 Å². The Morgan fingerprint density at radius 2 is 2.33 bits per heavy atom. The molecule has 1 heterocycles. The first kappa shape index (κ1) is 9.36. The lowest BCUT2D eigenvalue weighted by molar-refractivity contribution is 0.225. The second-order valence-corrected chi connectivity index (χ2v) is 3.04. The van der Waals surface area contributed by atoms with Crippen molar-refractivity contribution in [2.45, 2.75) is 26.7 Å². The predicted octanol–water partition coefficient (Wildman–Crippen LogP) is 2.68. The van der Waals surface area contributed by atoms with Crippen LogP contribution in [0.5, 0.6) is 0 Å². The summed E-state index contributed by atoms with van der Waals surface area (Å²) in [5.74, 6) is 0.354. The minimum Gasteiger partial charge on any atom is -0.283 e. The van der Waals surface area contributed by atoms with Crippen molar-refractivity contribution >= 4 is 5.71 Å². The molecule has 0 N–H and O–H groups in total. The van der Waals surface area contributed by atoms with Crippen LogP contribution in [-0.4, -0.2) is 18.7 Å². The van der Waals surface area contributed by atoms with E-state index >= 15 is 0 Å². The molecule has 0 aromatic carbocycles. The maximum Gasteiger partial charge on any atom is 0.280 e. The Balaban J connectivity index is 2.72. The molecule has 0 saturated carbocycles. The van der Waals surface area contributed by atoms with E-state index in [0.717, 1.165) is 6.42 Å². The molecular weight excluding hydrogens is 160 g/mol. The van der Waals surface area contributed by atoms with Crippen molar-refractivity contribution in [2.24, 2.45) is 10.9 Å². The third-order valence-corrected chi connectivity index (χ3v) is 2.12. The molecule has 0 spiro atoms. The summed E-state index contributed by atoms with van der Waals surface area (Å²) in [7, 11) is 0. The Hall–Kier alpha value is -0.730. The molecule has 0 aliphatic carbocycles. The number of alkyl halides is 2. The first-order valence-electron chi connectivity index (χ1n) is 4.16. The Kier molecular flexibility index (Phi) is 2.95. The van der Waals surface area contributed by atoms with Gasteiger partial charge in [-0.05, 0) is 24.8 Å². The van der Waals surface area contributed by atoms with Crippen molar-refractivity contribution in [3.8, 4) is 0 Å². The zero-order chi connectivity index (χ0) is 9.14. The highest BCUT2D eigenvalue weighted by Gasteiger charge is 2.19. The normalized spacial score (nSPS) is 23.9. The third-order valence-electron chi connectivity index (χ3n) is 2.12.